The number of hydrogen-bond acceptors (Lipinski definition) is 5. The average Bonchev–Trinajstić information content (AvgIpc) is 2.87. The summed E-state index contributed by atoms with van der Waals surface area (Å²) in [5.41, 5.74) is 0.619. The van der Waals surface area contributed by atoms with E-state index in [9.17, 15) is 0 Å². The number of aromatic amines is 2. The molecule has 2 N–H and O–H groups in total. The Morgan fingerprint density at radius 2 is 2.25 bits per heavy atom. The van der Waals surface area contributed by atoms with Crippen LogP contribution >= 0.6 is 23.4 Å². The van der Waals surface area contributed by atoms with E-state index in [4.69, 9.17) is 11.6 Å². The molecule has 6 nitrogen and oxygen atoms in total. The van der Waals surface area contributed by atoms with E-state index in [0.29, 0.717) is 5.65 Å². The first-order chi connectivity index (χ1) is 7.83. The zero-order chi connectivity index (χ0) is 11.0. The standard InChI is InChI=1S/C8H5ClN6S/c9-7-13-5-4(3-12-15-5)6(14-7)16-8-10-1-2-11-8/h1-3H,(H,10,11)(H,12,13,14,15). The van der Waals surface area contributed by atoms with Crippen LogP contribution in [0.5, 0.6) is 0 Å². The van der Waals surface area contributed by atoms with Gasteiger partial charge >= 0.3 is 0 Å². The molecular weight excluding hydrogens is 248 g/mol. The molecule has 3 heterocycles. The Hall–Kier alpha value is -1.60. The second kappa shape index (κ2) is 3.76. The van der Waals surface area contributed by atoms with Gasteiger partial charge in [-0.05, 0) is 23.4 Å². The Bertz CT molecular complexity index is 619. The molecule has 0 bridgehead atoms. The highest BCUT2D eigenvalue weighted by Gasteiger charge is 2.10. The first-order valence-corrected chi connectivity index (χ1v) is 5.56. The fraction of sp³-hybridized carbons (Fsp3) is 0. The number of aromatic nitrogens is 6. The van der Waals surface area contributed by atoms with E-state index in [1.54, 1.807) is 18.6 Å². The van der Waals surface area contributed by atoms with Crippen LogP contribution in [0.3, 0.4) is 0 Å². The number of hydrogen-bond donors (Lipinski definition) is 2. The van der Waals surface area contributed by atoms with Gasteiger partial charge in [0.1, 0.15) is 5.03 Å². The van der Waals surface area contributed by atoms with E-state index in [2.05, 4.69) is 30.1 Å². The molecule has 0 aromatic carbocycles. The van der Waals surface area contributed by atoms with Crippen LogP contribution in [0, 0.1) is 0 Å². The smallest absolute Gasteiger partial charge is 0.225 e. The molecular formula is C8H5ClN6S. The Kier molecular flexibility index (Phi) is 2.26. The summed E-state index contributed by atoms with van der Waals surface area (Å²) in [4.78, 5) is 15.2. The number of fused-ring (bicyclic) bond motifs is 1. The van der Waals surface area contributed by atoms with Gasteiger partial charge in [0.25, 0.3) is 0 Å². The van der Waals surface area contributed by atoms with Gasteiger partial charge in [-0.15, -0.1) is 0 Å². The second-order valence-corrected chi connectivity index (χ2v) is 4.24. The molecule has 0 atom stereocenters. The highest BCUT2D eigenvalue weighted by atomic mass is 35.5. The quantitative estimate of drug-likeness (QED) is 0.537. The summed E-state index contributed by atoms with van der Waals surface area (Å²) >= 11 is 7.19. The average molecular weight is 253 g/mol. The third-order valence-electron chi connectivity index (χ3n) is 1.91. The molecule has 0 unspecified atom stereocenters. The first kappa shape index (κ1) is 9.61. The maximum absolute atomic E-state index is 5.81. The molecule has 0 spiro atoms. The zero-order valence-corrected chi connectivity index (χ0v) is 9.38. The molecule has 0 aliphatic heterocycles. The summed E-state index contributed by atoms with van der Waals surface area (Å²) in [5, 5.41) is 9.13. The summed E-state index contributed by atoms with van der Waals surface area (Å²) in [6.07, 6.45) is 5.09. The van der Waals surface area contributed by atoms with Gasteiger partial charge < -0.3 is 4.98 Å². The van der Waals surface area contributed by atoms with Crippen LogP contribution in [0.2, 0.25) is 5.28 Å². The molecule has 8 heteroatoms. The fourth-order valence-electron chi connectivity index (χ4n) is 1.26. The SMILES string of the molecule is Clc1nc(Sc2ncc[nH]2)c2cn[nH]c2n1. The summed E-state index contributed by atoms with van der Waals surface area (Å²) in [5.74, 6) is 0. The summed E-state index contributed by atoms with van der Waals surface area (Å²) in [6.45, 7) is 0. The number of nitrogens with one attached hydrogen (secondary N) is 2. The maximum Gasteiger partial charge on any atom is 0.225 e. The lowest BCUT2D eigenvalue weighted by Gasteiger charge is -1.98. The molecule has 0 fully saturated rings. The summed E-state index contributed by atoms with van der Waals surface area (Å²) in [7, 11) is 0. The highest BCUT2D eigenvalue weighted by molar-refractivity contribution is 7.99. The molecule has 3 rings (SSSR count). The molecule has 0 aliphatic carbocycles. The van der Waals surface area contributed by atoms with Gasteiger partial charge in [-0.3, -0.25) is 5.10 Å². The number of nitrogens with zero attached hydrogens (tertiary/aromatic N) is 4. The predicted octanol–water partition coefficient (Wildman–Crippen LogP) is 1.88. The van der Waals surface area contributed by atoms with Gasteiger partial charge in [-0.25, -0.2) is 9.97 Å². The second-order valence-electron chi connectivity index (χ2n) is 2.93. The fourth-order valence-corrected chi connectivity index (χ4v) is 2.29. The van der Waals surface area contributed by atoms with Crippen LogP contribution in [-0.2, 0) is 0 Å². The Morgan fingerprint density at radius 3 is 3.06 bits per heavy atom. The predicted molar refractivity (Wildman–Crippen MR) is 59.4 cm³/mol. The van der Waals surface area contributed by atoms with Gasteiger partial charge in [0.05, 0.1) is 11.6 Å². The lowest BCUT2D eigenvalue weighted by molar-refractivity contribution is 1.03. The minimum atomic E-state index is 0.186. The van der Waals surface area contributed by atoms with Crippen LogP contribution < -0.4 is 0 Å². The number of rotatable bonds is 2. The number of H-pyrrole nitrogens is 2. The molecule has 3 aromatic rings. The van der Waals surface area contributed by atoms with Crippen molar-refractivity contribution in [2.45, 2.75) is 10.2 Å². The summed E-state index contributed by atoms with van der Waals surface area (Å²) in [6, 6.07) is 0. The van der Waals surface area contributed by atoms with E-state index in [1.807, 2.05) is 0 Å². The molecule has 0 radical (unpaired) electrons. The molecule has 80 valence electrons. The van der Waals surface area contributed by atoms with Crippen molar-refractivity contribution in [1.82, 2.24) is 30.1 Å². The van der Waals surface area contributed by atoms with E-state index in [-0.39, 0.29) is 5.28 Å². The van der Waals surface area contributed by atoms with Crippen molar-refractivity contribution in [3.05, 3.63) is 23.9 Å². The van der Waals surface area contributed by atoms with Gasteiger partial charge in [-0.1, -0.05) is 0 Å². The largest absolute Gasteiger partial charge is 0.339 e. The molecule has 0 saturated heterocycles. The van der Waals surface area contributed by atoms with Gasteiger partial charge in [0, 0.05) is 12.4 Å². The van der Waals surface area contributed by atoms with Crippen LogP contribution in [0.4, 0.5) is 0 Å². The summed E-state index contributed by atoms with van der Waals surface area (Å²) < 4.78 is 0. The van der Waals surface area contributed by atoms with Crippen molar-refractivity contribution in [3.63, 3.8) is 0 Å². The van der Waals surface area contributed by atoms with Crippen LogP contribution in [0.25, 0.3) is 11.0 Å². The maximum atomic E-state index is 5.81. The lowest BCUT2D eigenvalue weighted by atomic mass is 10.4. The van der Waals surface area contributed by atoms with E-state index >= 15 is 0 Å². The monoisotopic (exact) mass is 252 g/mol. The zero-order valence-electron chi connectivity index (χ0n) is 7.81. The number of imidazole rings is 1. The Balaban J connectivity index is 2.11. The van der Waals surface area contributed by atoms with Crippen molar-refractivity contribution in [1.29, 1.82) is 0 Å². The molecule has 3 aromatic heterocycles. The van der Waals surface area contributed by atoms with Crippen molar-refractivity contribution in [3.8, 4) is 0 Å². The van der Waals surface area contributed by atoms with Crippen molar-refractivity contribution in [2.75, 3.05) is 0 Å². The van der Waals surface area contributed by atoms with Gasteiger partial charge in [0.15, 0.2) is 10.8 Å². The van der Waals surface area contributed by atoms with Crippen LogP contribution in [-0.4, -0.2) is 30.1 Å². The molecule has 0 aliphatic rings. The van der Waals surface area contributed by atoms with Crippen molar-refractivity contribution < 1.29 is 0 Å². The minimum absolute atomic E-state index is 0.186. The molecule has 0 amide bonds. The van der Waals surface area contributed by atoms with Crippen LogP contribution in [0.15, 0.2) is 28.8 Å². The molecule has 16 heavy (non-hydrogen) atoms. The lowest BCUT2D eigenvalue weighted by Crippen LogP contribution is -1.88. The van der Waals surface area contributed by atoms with Gasteiger partial charge in [0.2, 0.25) is 5.28 Å². The normalized spacial score (nSPS) is 11.1. The highest BCUT2D eigenvalue weighted by Crippen LogP contribution is 2.29. The molecule has 0 saturated carbocycles. The minimum Gasteiger partial charge on any atom is -0.339 e. The first-order valence-electron chi connectivity index (χ1n) is 4.37. The Morgan fingerprint density at radius 1 is 1.31 bits per heavy atom. The van der Waals surface area contributed by atoms with E-state index < -0.39 is 0 Å². The van der Waals surface area contributed by atoms with E-state index in [0.717, 1.165) is 15.6 Å². The van der Waals surface area contributed by atoms with Crippen molar-refractivity contribution >= 4 is 34.4 Å². The third-order valence-corrected chi connectivity index (χ3v) is 3.00. The van der Waals surface area contributed by atoms with Crippen LogP contribution in [0.1, 0.15) is 0 Å². The topological polar surface area (TPSA) is 83.1 Å². The van der Waals surface area contributed by atoms with Crippen molar-refractivity contribution in [2.24, 2.45) is 0 Å². The van der Waals surface area contributed by atoms with E-state index in [1.165, 1.54) is 11.8 Å². The Labute approximate surface area is 98.9 Å². The van der Waals surface area contributed by atoms with Gasteiger partial charge in [-0.2, -0.15) is 10.1 Å². The number of halogens is 1. The third kappa shape index (κ3) is 1.63.